The van der Waals surface area contributed by atoms with E-state index in [1.54, 1.807) is 0 Å². The summed E-state index contributed by atoms with van der Waals surface area (Å²) in [6.07, 6.45) is 0. The normalized spacial score (nSPS) is 12.4. The second kappa shape index (κ2) is 3.97. The molecule has 0 spiro atoms. The van der Waals surface area contributed by atoms with Gasteiger partial charge in [0, 0.05) is 23.9 Å². The molecule has 114 valence electrons. The lowest BCUT2D eigenvalue weighted by Crippen LogP contribution is -1.87. The van der Waals surface area contributed by atoms with E-state index in [0.717, 1.165) is 49.8 Å². The van der Waals surface area contributed by atoms with Gasteiger partial charge in [-0.05, 0) is 24.3 Å². The first-order valence-electron chi connectivity index (χ1n) is 7.98. The number of hydrogen-bond acceptors (Lipinski definition) is 2. The SMILES string of the molecule is Cn1c2cc3oc4ccccc4c3cc2n2c3ccccc3nc12. The van der Waals surface area contributed by atoms with Crippen molar-refractivity contribution in [2.75, 3.05) is 0 Å². The second-order valence-corrected chi connectivity index (χ2v) is 6.23. The van der Waals surface area contributed by atoms with Gasteiger partial charge in [0.25, 0.3) is 0 Å². The highest BCUT2D eigenvalue weighted by Crippen LogP contribution is 2.34. The van der Waals surface area contributed by atoms with Crippen molar-refractivity contribution in [2.24, 2.45) is 7.05 Å². The van der Waals surface area contributed by atoms with Gasteiger partial charge >= 0.3 is 0 Å². The number of benzene rings is 3. The predicted molar refractivity (Wildman–Crippen MR) is 96.5 cm³/mol. The third kappa shape index (κ3) is 1.32. The molecular formula is C20H13N3O. The van der Waals surface area contributed by atoms with Gasteiger partial charge in [-0.1, -0.05) is 30.3 Å². The molecule has 0 aliphatic rings. The van der Waals surface area contributed by atoms with E-state index < -0.39 is 0 Å². The Bertz CT molecular complexity index is 1410. The van der Waals surface area contributed by atoms with E-state index >= 15 is 0 Å². The monoisotopic (exact) mass is 311 g/mol. The summed E-state index contributed by atoms with van der Waals surface area (Å²) in [6, 6.07) is 20.8. The lowest BCUT2D eigenvalue weighted by atomic mass is 10.1. The van der Waals surface area contributed by atoms with Gasteiger partial charge in [0.15, 0.2) is 0 Å². The lowest BCUT2D eigenvalue weighted by molar-refractivity contribution is 0.669. The molecule has 3 heterocycles. The van der Waals surface area contributed by atoms with Crippen molar-refractivity contribution in [3.05, 3.63) is 60.7 Å². The fourth-order valence-electron chi connectivity index (χ4n) is 3.78. The number of furan rings is 1. The van der Waals surface area contributed by atoms with Crippen molar-refractivity contribution in [2.45, 2.75) is 0 Å². The Morgan fingerprint density at radius 1 is 0.792 bits per heavy atom. The highest BCUT2D eigenvalue weighted by atomic mass is 16.3. The van der Waals surface area contributed by atoms with Gasteiger partial charge in [0.2, 0.25) is 5.78 Å². The lowest BCUT2D eigenvalue weighted by Gasteiger charge is -1.97. The smallest absolute Gasteiger partial charge is 0.215 e. The summed E-state index contributed by atoms with van der Waals surface area (Å²) in [6.45, 7) is 0. The number of nitrogens with zero attached hydrogens (tertiary/aromatic N) is 3. The summed E-state index contributed by atoms with van der Waals surface area (Å²) in [5, 5.41) is 2.29. The molecule has 0 aliphatic carbocycles. The van der Waals surface area contributed by atoms with E-state index in [1.807, 2.05) is 18.2 Å². The van der Waals surface area contributed by atoms with Crippen molar-refractivity contribution in [3.63, 3.8) is 0 Å². The Labute approximate surface area is 136 Å². The maximum absolute atomic E-state index is 6.03. The van der Waals surface area contributed by atoms with Crippen LogP contribution in [-0.4, -0.2) is 14.0 Å². The van der Waals surface area contributed by atoms with Crippen molar-refractivity contribution in [1.29, 1.82) is 0 Å². The summed E-state index contributed by atoms with van der Waals surface area (Å²) in [5.41, 5.74) is 6.26. The van der Waals surface area contributed by atoms with E-state index in [-0.39, 0.29) is 0 Å². The molecular weight excluding hydrogens is 298 g/mol. The van der Waals surface area contributed by atoms with Crippen molar-refractivity contribution in [3.8, 4) is 0 Å². The summed E-state index contributed by atoms with van der Waals surface area (Å²) in [4.78, 5) is 4.78. The molecule has 3 aromatic carbocycles. The Balaban J connectivity index is 1.91. The minimum atomic E-state index is 0.914. The van der Waals surface area contributed by atoms with Crippen LogP contribution in [-0.2, 0) is 7.05 Å². The minimum Gasteiger partial charge on any atom is -0.456 e. The number of hydrogen-bond donors (Lipinski definition) is 0. The fraction of sp³-hybridized carbons (Fsp3) is 0.0500. The van der Waals surface area contributed by atoms with E-state index in [9.17, 15) is 0 Å². The molecule has 24 heavy (non-hydrogen) atoms. The molecule has 0 saturated heterocycles. The number of rotatable bonds is 0. The minimum absolute atomic E-state index is 0.914. The molecule has 6 rings (SSSR count). The highest BCUT2D eigenvalue weighted by Gasteiger charge is 2.16. The molecule has 4 nitrogen and oxygen atoms in total. The van der Waals surface area contributed by atoms with Gasteiger partial charge < -0.3 is 8.98 Å². The summed E-state index contributed by atoms with van der Waals surface area (Å²) in [7, 11) is 2.05. The van der Waals surface area contributed by atoms with E-state index in [4.69, 9.17) is 9.40 Å². The van der Waals surface area contributed by atoms with Crippen LogP contribution in [0.3, 0.4) is 0 Å². The average Bonchev–Trinajstić information content (AvgIpc) is 3.24. The molecule has 0 amide bonds. The molecule has 0 aliphatic heterocycles. The highest BCUT2D eigenvalue weighted by molar-refractivity contribution is 6.10. The molecule has 0 unspecified atom stereocenters. The summed E-state index contributed by atoms with van der Waals surface area (Å²) >= 11 is 0. The number of imidazole rings is 2. The summed E-state index contributed by atoms with van der Waals surface area (Å²) < 4.78 is 10.4. The van der Waals surface area contributed by atoms with E-state index in [1.165, 1.54) is 0 Å². The first-order valence-corrected chi connectivity index (χ1v) is 7.98. The number of para-hydroxylation sites is 3. The van der Waals surface area contributed by atoms with Crippen molar-refractivity contribution < 1.29 is 4.42 Å². The van der Waals surface area contributed by atoms with Crippen LogP contribution in [0.2, 0.25) is 0 Å². The molecule has 0 atom stereocenters. The zero-order valence-corrected chi connectivity index (χ0v) is 13.0. The van der Waals surface area contributed by atoms with Crippen molar-refractivity contribution in [1.82, 2.24) is 14.0 Å². The van der Waals surface area contributed by atoms with Crippen LogP contribution in [0, 0.1) is 0 Å². The number of fused-ring (bicyclic) bond motifs is 8. The Morgan fingerprint density at radius 3 is 2.58 bits per heavy atom. The molecule has 0 fully saturated rings. The largest absolute Gasteiger partial charge is 0.456 e. The summed E-state index contributed by atoms with van der Waals surface area (Å²) in [5.74, 6) is 0.947. The number of aryl methyl sites for hydroxylation is 1. The molecule has 0 bridgehead atoms. The zero-order valence-electron chi connectivity index (χ0n) is 13.0. The first kappa shape index (κ1) is 12.2. The molecule has 3 aromatic heterocycles. The quantitative estimate of drug-likeness (QED) is 0.401. The maximum atomic E-state index is 6.03. The third-order valence-corrected chi connectivity index (χ3v) is 4.92. The van der Waals surface area contributed by atoms with Gasteiger partial charge in [-0.25, -0.2) is 4.98 Å². The van der Waals surface area contributed by atoms with Gasteiger partial charge in [-0.15, -0.1) is 0 Å². The predicted octanol–water partition coefficient (Wildman–Crippen LogP) is 4.88. The van der Waals surface area contributed by atoms with Gasteiger partial charge in [-0.2, -0.15) is 0 Å². The first-order chi connectivity index (χ1) is 11.8. The van der Waals surface area contributed by atoms with Crippen LogP contribution in [0.4, 0.5) is 0 Å². The average molecular weight is 311 g/mol. The molecule has 0 radical (unpaired) electrons. The third-order valence-electron chi connectivity index (χ3n) is 4.92. The van der Waals surface area contributed by atoms with Crippen LogP contribution in [0.15, 0.2) is 65.1 Å². The molecule has 0 N–H and O–H groups in total. The van der Waals surface area contributed by atoms with Gasteiger partial charge in [-0.3, -0.25) is 4.40 Å². The van der Waals surface area contributed by atoms with Crippen molar-refractivity contribution >= 4 is 49.8 Å². The Morgan fingerprint density at radius 2 is 1.62 bits per heavy atom. The van der Waals surface area contributed by atoms with Crippen LogP contribution in [0.1, 0.15) is 0 Å². The topological polar surface area (TPSA) is 35.4 Å². The maximum Gasteiger partial charge on any atom is 0.215 e. The fourth-order valence-corrected chi connectivity index (χ4v) is 3.78. The van der Waals surface area contributed by atoms with Crippen LogP contribution in [0.25, 0.3) is 49.8 Å². The Kier molecular flexibility index (Phi) is 2.02. The van der Waals surface area contributed by atoms with E-state index in [0.29, 0.717) is 0 Å². The standard InChI is InChI=1S/C20H13N3O/c1-22-16-11-19-13(12-6-2-5-9-18(12)24-19)10-17(16)23-15-8-4-3-7-14(15)21-20(22)23/h2-11H,1H3. The van der Waals surface area contributed by atoms with Crippen LogP contribution < -0.4 is 0 Å². The molecule has 4 heteroatoms. The zero-order chi connectivity index (χ0) is 15.8. The molecule has 0 saturated carbocycles. The second-order valence-electron chi connectivity index (χ2n) is 6.23. The molecule has 6 aromatic rings. The number of aromatic nitrogens is 3. The van der Waals surface area contributed by atoms with Crippen LogP contribution >= 0.6 is 0 Å². The van der Waals surface area contributed by atoms with Gasteiger partial charge in [0.05, 0.1) is 22.1 Å². The van der Waals surface area contributed by atoms with Gasteiger partial charge in [0.1, 0.15) is 11.2 Å². The van der Waals surface area contributed by atoms with E-state index in [2.05, 4.69) is 58.5 Å². The van der Waals surface area contributed by atoms with Crippen LogP contribution in [0.5, 0.6) is 0 Å². The Hall–Kier alpha value is -3.27.